The highest BCUT2D eigenvalue weighted by Crippen LogP contribution is 2.41. The first kappa shape index (κ1) is 13.0. The van der Waals surface area contributed by atoms with Crippen LogP contribution in [-0.4, -0.2) is 21.7 Å². The van der Waals surface area contributed by atoms with Crippen LogP contribution in [0.1, 0.15) is 36.5 Å². The second kappa shape index (κ2) is 5.03. The quantitative estimate of drug-likeness (QED) is 0.886. The van der Waals surface area contributed by atoms with E-state index in [0.29, 0.717) is 0 Å². The van der Waals surface area contributed by atoms with Gasteiger partial charge < -0.3 is 5.11 Å². The SMILES string of the molecule is Cc1cccc(C)c1CC(O)C1(C)CCCS1. The van der Waals surface area contributed by atoms with Crippen molar-refractivity contribution in [1.82, 2.24) is 0 Å². The molecule has 0 bridgehead atoms. The lowest BCUT2D eigenvalue weighted by molar-refractivity contribution is 0.133. The Bertz CT molecular complexity index is 374. The van der Waals surface area contributed by atoms with E-state index in [1.54, 1.807) is 0 Å². The number of hydrogen-bond donors (Lipinski definition) is 1. The van der Waals surface area contributed by atoms with Crippen LogP contribution in [0.25, 0.3) is 0 Å². The van der Waals surface area contributed by atoms with Gasteiger partial charge in [-0.1, -0.05) is 18.2 Å². The number of aryl methyl sites for hydroxylation is 2. The molecule has 0 radical (unpaired) electrons. The van der Waals surface area contributed by atoms with Gasteiger partial charge in [0.1, 0.15) is 0 Å². The molecule has 0 aromatic heterocycles. The summed E-state index contributed by atoms with van der Waals surface area (Å²) in [5.74, 6) is 1.19. The topological polar surface area (TPSA) is 20.2 Å². The maximum absolute atomic E-state index is 10.5. The number of thioether (sulfide) groups is 1. The first-order chi connectivity index (χ1) is 8.03. The van der Waals surface area contributed by atoms with Gasteiger partial charge in [0.05, 0.1) is 6.10 Å². The number of aliphatic hydroxyl groups is 1. The Kier molecular flexibility index (Phi) is 3.84. The lowest BCUT2D eigenvalue weighted by Crippen LogP contribution is -2.35. The van der Waals surface area contributed by atoms with Crippen LogP contribution in [0.2, 0.25) is 0 Å². The summed E-state index contributed by atoms with van der Waals surface area (Å²) < 4.78 is 0.0642. The van der Waals surface area contributed by atoms with Gasteiger partial charge in [-0.05, 0) is 56.1 Å². The minimum Gasteiger partial charge on any atom is -0.391 e. The molecule has 94 valence electrons. The maximum Gasteiger partial charge on any atom is 0.0724 e. The fraction of sp³-hybridized carbons (Fsp3) is 0.600. The van der Waals surface area contributed by atoms with Crippen molar-refractivity contribution in [2.75, 3.05) is 5.75 Å². The van der Waals surface area contributed by atoms with Crippen molar-refractivity contribution < 1.29 is 5.11 Å². The molecule has 2 atom stereocenters. The number of aliphatic hydroxyl groups excluding tert-OH is 1. The van der Waals surface area contributed by atoms with Gasteiger partial charge in [0, 0.05) is 11.2 Å². The number of hydrogen-bond acceptors (Lipinski definition) is 2. The van der Waals surface area contributed by atoms with Crippen molar-refractivity contribution in [3.8, 4) is 0 Å². The zero-order valence-electron chi connectivity index (χ0n) is 11.0. The normalized spacial score (nSPS) is 26.1. The Labute approximate surface area is 109 Å². The summed E-state index contributed by atoms with van der Waals surface area (Å²) in [4.78, 5) is 0. The predicted molar refractivity (Wildman–Crippen MR) is 75.7 cm³/mol. The molecule has 1 aliphatic heterocycles. The fourth-order valence-corrected chi connectivity index (χ4v) is 3.96. The van der Waals surface area contributed by atoms with Crippen LogP contribution < -0.4 is 0 Å². The monoisotopic (exact) mass is 250 g/mol. The van der Waals surface area contributed by atoms with E-state index in [9.17, 15) is 5.11 Å². The van der Waals surface area contributed by atoms with E-state index in [-0.39, 0.29) is 10.9 Å². The summed E-state index contributed by atoms with van der Waals surface area (Å²) >= 11 is 1.93. The van der Waals surface area contributed by atoms with Crippen LogP contribution in [0.5, 0.6) is 0 Å². The van der Waals surface area contributed by atoms with E-state index in [1.807, 2.05) is 11.8 Å². The van der Waals surface area contributed by atoms with Crippen LogP contribution in [0, 0.1) is 13.8 Å². The first-order valence-corrected chi connectivity index (χ1v) is 7.38. The Morgan fingerprint density at radius 2 is 2.00 bits per heavy atom. The van der Waals surface area contributed by atoms with Crippen molar-refractivity contribution in [2.24, 2.45) is 0 Å². The molecule has 1 aromatic rings. The highest BCUT2D eigenvalue weighted by atomic mass is 32.2. The second-order valence-electron chi connectivity index (χ2n) is 5.35. The molecule has 0 aliphatic carbocycles. The summed E-state index contributed by atoms with van der Waals surface area (Å²) in [7, 11) is 0. The number of rotatable bonds is 3. The highest BCUT2D eigenvalue weighted by Gasteiger charge is 2.37. The average molecular weight is 250 g/mol. The zero-order valence-corrected chi connectivity index (χ0v) is 11.8. The van der Waals surface area contributed by atoms with E-state index >= 15 is 0 Å². The van der Waals surface area contributed by atoms with E-state index < -0.39 is 0 Å². The third-order valence-electron chi connectivity index (χ3n) is 4.00. The Morgan fingerprint density at radius 1 is 1.35 bits per heavy atom. The summed E-state index contributed by atoms with van der Waals surface area (Å²) in [5.41, 5.74) is 3.93. The van der Waals surface area contributed by atoms with Gasteiger partial charge in [-0.15, -0.1) is 0 Å². The summed E-state index contributed by atoms with van der Waals surface area (Å²) in [6, 6.07) is 6.37. The molecule has 2 unspecified atom stereocenters. The Hall–Kier alpha value is -0.470. The molecular formula is C15H22OS. The molecule has 1 aromatic carbocycles. The lowest BCUT2D eigenvalue weighted by atomic mass is 9.90. The minimum absolute atomic E-state index is 0.0642. The van der Waals surface area contributed by atoms with Gasteiger partial charge in [-0.3, -0.25) is 0 Å². The fourth-order valence-electron chi connectivity index (χ4n) is 2.64. The third-order valence-corrected chi connectivity index (χ3v) is 5.62. The molecule has 1 N–H and O–H groups in total. The van der Waals surface area contributed by atoms with Gasteiger partial charge in [-0.25, -0.2) is 0 Å². The first-order valence-electron chi connectivity index (χ1n) is 6.40. The smallest absolute Gasteiger partial charge is 0.0724 e. The van der Waals surface area contributed by atoms with Crippen LogP contribution >= 0.6 is 11.8 Å². The Balaban J connectivity index is 2.15. The molecule has 2 heteroatoms. The van der Waals surface area contributed by atoms with Crippen LogP contribution in [0.15, 0.2) is 18.2 Å². The van der Waals surface area contributed by atoms with Gasteiger partial charge in [0.15, 0.2) is 0 Å². The van der Waals surface area contributed by atoms with Crippen LogP contribution in [0.4, 0.5) is 0 Å². The minimum atomic E-state index is -0.227. The van der Waals surface area contributed by atoms with E-state index in [2.05, 4.69) is 39.0 Å². The van der Waals surface area contributed by atoms with Gasteiger partial charge in [-0.2, -0.15) is 11.8 Å². The molecule has 2 rings (SSSR count). The van der Waals surface area contributed by atoms with Crippen molar-refractivity contribution in [1.29, 1.82) is 0 Å². The maximum atomic E-state index is 10.5. The average Bonchev–Trinajstić information content (AvgIpc) is 2.72. The van der Waals surface area contributed by atoms with Crippen LogP contribution in [0.3, 0.4) is 0 Å². The van der Waals surface area contributed by atoms with Crippen LogP contribution in [-0.2, 0) is 6.42 Å². The summed E-state index contributed by atoms with van der Waals surface area (Å²) in [6.07, 6.45) is 2.95. The molecule has 1 heterocycles. The zero-order chi connectivity index (χ0) is 12.5. The van der Waals surface area contributed by atoms with Crippen molar-refractivity contribution in [2.45, 2.75) is 50.9 Å². The predicted octanol–water partition coefficient (Wildman–Crippen LogP) is 3.49. The second-order valence-corrected chi connectivity index (χ2v) is 6.98. The molecule has 1 fully saturated rings. The molecule has 1 aliphatic rings. The standard InChI is InChI=1S/C15H22OS/c1-11-6-4-7-12(2)13(11)10-14(16)15(3)8-5-9-17-15/h4,6-7,14,16H,5,8-10H2,1-3H3. The molecular weight excluding hydrogens is 228 g/mol. The largest absolute Gasteiger partial charge is 0.391 e. The number of benzene rings is 1. The highest BCUT2D eigenvalue weighted by molar-refractivity contribution is 8.00. The summed E-state index contributed by atoms with van der Waals surface area (Å²) in [5, 5.41) is 10.5. The molecule has 0 amide bonds. The van der Waals surface area contributed by atoms with Crippen molar-refractivity contribution in [3.63, 3.8) is 0 Å². The van der Waals surface area contributed by atoms with Gasteiger partial charge in [0.2, 0.25) is 0 Å². The summed E-state index contributed by atoms with van der Waals surface area (Å²) in [6.45, 7) is 6.49. The lowest BCUT2D eigenvalue weighted by Gasteiger charge is -2.30. The van der Waals surface area contributed by atoms with Crippen molar-refractivity contribution in [3.05, 3.63) is 34.9 Å². The van der Waals surface area contributed by atoms with Gasteiger partial charge >= 0.3 is 0 Å². The van der Waals surface area contributed by atoms with Gasteiger partial charge in [0.25, 0.3) is 0 Å². The van der Waals surface area contributed by atoms with E-state index in [1.165, 1.54) is 28.9 Å². The molecule has 17 heavy (non-hydrogen) atoms. The molecule has 0 saturated carbocycles. The molecule has 1 nitrogen and oxygen atoms in total. The van der Waals surface area contributed by atoms with Crippen molar-refractivity contribution >= 4 is 11.8 Å². The Morgan fingerprint density at radius 3 is 2.53 bits per heavy atom. The third kappa shape index (κ3) is 2.69. The van der Waals surface area contributed by atoms with E-state index in [0.717, 1.165) is 12.8 Å². The molecule has 1 saturated heterocycles. The van der Waals surface area contributed by atoms with E-state index in [4.69, 9.17) is 0 Å². The molecule has 0 spiro atoms.